The lowest BCUT2D eigenvalue weighted by Crippen LogP contribution is -1.92. The molecule has 0 spiro atoms. The van der Waals surface area contributed by atoms with Gasteiger partial charge in [0, 0.05) is 16.5 Å². The minimum absolute atomic E-state index is 0.0952. The first-order chi connectivity index (χ1) is 13.0. The molecule has 0 aliphatic rings. The van der Waals surface area contributed by atoms with Crippen LogP contribution in [0.3, 0.4) is 0 Å². The highest BCUT2D eigenvalue weighted by molar-refractivity contribution is 5.90. The summed E-state index contributed by atoms with van der Waals surface area (Å²) < 4.78 is 43.8. The number of rotatable bonds is 6. The molecule has 0 aromatic heterocycles. The number of aryl methyl sites for hydroxylation is 2. The second kappa shape index (κ2) is 8.26. The number of halogens is 3. The van der Waals surface area contributed by atoms with E-state index in [1.54, 1.807) is 42.5 Å². The molecule has 3 aromatic rings. The highest BCUT2D eigenvalue weighted by atomic mass is 19.2. The van der Waals surface area contributed by atoms with Crippen LogP contribution >= 0.6 is 0 Å². The molecule has 0 unspecified atom stereocenters. The predicted octanol–water partition coefficient (Wildman–Crippen LogP) is 7.42. The molecule has 0 fully saturated rings. The van der Waals surface area contributed by atoms with Crippen LogP contribution in [-0.4, -0.2) is 0 Å². The maximum atomic E-state index is 14.7. The Balaban J connectivity index is 1.99. The summed E-state index contributed by atoms with van der Waals surface area (Å²) in [7, 11) is 0. The van der Waals surface area contributed by atoms with Gasteiger partial charge in [0.15, 0.2) is 11.7 Å². The smallest absolute Gasteiger partial charge is 0.166 e. The van der Waals surface area contributed by atoms with Crippen LogP contribution in [0.2, 0.25) is 0 Å². The third-order valence-corrected chi connectivity index (χ3v) is 4.71. The van der Waals surface area contributed by atoms with E-state index in [0.29, 0.717) is 29.2 Å². The average molecular weight is 366 g/mol. The molecule has 3 heteroatoms. The van der Waals surface area contributed by atoms with Gasteiger partial charge in [-0.1, -0.05) is 61.5 Å². The van der Waals surface area contributed by atoms with Crippen LogP contribution < -0.4 is 0 Å². The molecular formula is C24H21F3. The van der Waals surface area contributed by atoms with Crippen molar-refractivity contribution in [2.45, 2.75) is 26.2 Å². The summed E-state index contributed by atoms with van der Waals surface area (Å²) in [5.74, 6) is -2.18. The average Bonchev–Trinajstić information content (AvgIpc) is 2.72. The summed E-state index contributed by atoms with van der Waals surface area (Å²) in [6.45, 7) is 5.64. The van der Waals surface area contributed by atoms with Crippen molar-refractivity contribution in [3.05, 3.63) is 95.3 Å². The normalized spacial score (nSPS) is 12.1. The summed E-state index contributed by atoms with van der Waals surface area (Å²) in [5, 5.41) is 0.942. The van der Waals surface area contributed by atoms with E-state index in [-0.39, 0.29) is 16.9 Å². The molecule has 0 saturated heterocycles. The highest BCUT2D eigenvalue weighted by Crippen LogP contribution is 2.32. The number of hydrogen-bond acceptors (Lipinski definition) is 0. The van der Waals surface area contributed by atoms with Gasteiger partial charge in [-0.15, -0.1) is 6.58 Å². The first-order valence-corrected chi connectivity index (χ1v) is 9.02. The van der Waals surface area contributed by atoms with Crippen LogP contribution in [0, 0.1) is 5.82 Å². The summed E-state index contributed by atoms with van der Waals surface area (Å²) >= 11 is 0. The summed E-state index contributed by atoms with van der Waals surface area (Å²) in [5.41, 5.74) is 1.93. The largest absolute Gasteiger partial charge is 0.206 e. The molecule has 0 saturated carbocycles. The molecule has 0 N–H and O–H groups in total. The molecule has 0 amide bonds. The summed E-state index contributed by atoms with van der Waals surface area (Å²) in [6, 6.07) is 14.5. The minimum atomic E-state index is -0.947. The molecule has 138 valence electrons. The van der Waals surface area contributed by atoms with Crippen molar-refractivity contribution in [2.24, 2.45) is 0 Å². The van der Waals surface area contributed by atoms with Gasteiger partial charge in [-0.25, -0.2) is 13.2 Å². The molecule has 0 nitrogen and oxygen atoms in total. The number of allylic oxidation sites excluding steroid dienone is 1. The monoisotopic (exact) mass is 366 g/mol. The van der Waals surface area contributed by atoms with E-state index in [0.717, 1.165) is 12.0 Å². The lowest BCUT2D eigenvalue weighted by molar-refractivity contribution is 0.621. The van der Waals surface area contributed by atoms with Gasteiger partial charge in [0.25, 0.3) is 0 Å². The van der Waals surface area contributed by atoms with Crippen molar-refractivity contribution in [3.63, 3.8) is 0 Å². The van der Waals surface area contributed by atoms with Crippen LogP contribution in [0.15, 0.2) is 67.3 Å². The highest BCUT2D eigenvalue weighted by Gasteiger charge is 2.14. The van der Waals surface area contributed by atoms with E-state index >= 15 is 0 Å². The number of fused-ring (bicyclic) bond motifs is 1. The Morgan fingerprint density at radius 1 is 0.926 bits per heavy atom. The zero-order valence-corrected chi connectivity index (χ0v) is 15.2. The Bertz CT molecular complexity index is 998. The van der Waals surface area contributed by atoms with E-state index in [9.17, 15) is 13.2 Å². The second-order valence-electron chi connectivity index (χ2n) is 6.48. The lowest BCUT2D eigenvalue weighted by Gasteiger charge is -2.08. The number of hydrogen-bond donors (Lipinski definition) is 0. The molecule has 3 aromatic carbocycles. The van der Waals surface area contributed by atoms with Gasteiger partial charge in [0.05, 0.1) is 0 Å². The van der Waals surface area contributed by atoms with Crippen LogP contribution in [0.4, 0.5) is 13.2 Å². The zero-order valence-electron chi connectivity index (χ0n) is 15.2. The summed E-state index contributed by atoms with van der Waals surface area (Å²) in [4.78, 5) is 0. The lowest BCUT2D eigenvalue weighted by atomic mass is 10.00. The van der Waals surface area contributed by atoms with Gasteiger partial charge in [0.1, 0.15) is 5.82 Å². The zero-order chi connectivity index (χ0) is 19.4. The van der Waals surface area contributed by atoms with Gasteiger partial charge < -0.3 is 0 Å². The molecule has 0 radical (unpaired) electrons. The molecule has 0 bridgehead atoms. The molecule has 27 heavy (non-hydrogen) atoms. The van der Waals surface area contributed by atoms with E-state index in [1.165, 1.54) is 18.2 Å². The molecule has 3 rings (SSSR count). The Hall–Kier alpha value is -2.81. The molecule has 0 heterocycles. The first-order valence-electron chi connectivity index (χ1n) is 9.02. The van der Waals surface area contributed by atoms with E-state index in [1.807, 2.05) is 6.92 Å². The van der Waals surface area contributed by atoms with Crippen LogP contribution in [0.25, 0.3) is 22.4 Å². The van der Waals surface area contributed by atoms with Crippen molar-refractivity contribution in [1.29, 1.82) is 0 Å². The summed E-state index contributed by atoms with van der Waals surface area (Å²) in [6.07, 6.45) is 3.81. The Labute approximate surface area is 157 Å². The Kier molecular flexibility index (Phi) is 5.80. The predicted molar refractivity (Wildman–Crippen MR) is 107 cm³/mol. The van der Waals surface area contributed by atoms with Crippen LogP contribution in [-0.2, 0) is 12.8 Å². The van der Waals surface area contributed by atoms with Crippen molar-refractivity contribution in [2.75, 3.05) is 0 Å². The van der Waals surface area contributed by atoms with Gasteiger partial charge in [-0.3, -0.25) is 0 Å². The maximum Gasteiger partial charge on any atom is 0.166 e. The maximum absolute atomic E-state index is 14.7. The van der Waals surface area contributed by atoms with Crippen molar-refractivity contribution in [1.82, 2.24) is 0 Å². The Morgan fingerprint density at radius 2 is 1.59 bits per heavy atom. The van der Waals surface area contributed by atoms with Crippen molar-refractivity contribution < 1.29 is 13.2 Å². The Morgan fingerprint density at radius 3 is 2.26 bits per heavy atom. The molecular weight excluding hydrogens is 345 g/mol. The first kappa shape index (κ1) is 19.0. The van der Waals surface area contributed by atoms with Crippen LogP contribution in [0.5, 0.6) is 0 Å². The van der Waals surface area contributed by atoms with Gasteiger partial charge in [0.2, 0.25) is 0 Å². The fourth-order valence-electron chi connectivity index (χ4n) is 3.06. The van der Waals surface area contributed by atoms with Gasteiger partial charge in [-0.2, -0.15) is 0 Å². The second-order valence-corrected chi connectivity index (χ2v) is 6.48. The van der Waals surface area contributed by atoms with Gasteiger partial charge >= 0.3 is 0 Å². The SMILES string of the molecule is C=CCCc1ccc2cc(C(F)=C(F)c3ccc(CC)cc3)ccc2c1F. The quantitative estimate of drug-likeness (QED) is 0.314. The van der Waals surface area contributed by atoms with E-state index in [2.05, 4.69) is 6.58 Å². The van der Waals surface area contributed by atoms with E-state index < -0.39 is 11.7 Å². The topological polar surface area (TPSA) is 0 Å². The third-order valence-electron chi connectivity index (χ3n) is 4.71. The van der Waals surface area contributed by atoms with Crippen molar-refractivity contribution >= 4 is 22.4 Å². The molecule has 0 atom stereocenters. The number of benzene rings is 3. The van der Waals surface area contributed by atoms with E-state index in [4.69, 9.17) is 0 Å². The molecule has 0 aliphatic carbocycles. The molecule has 0 aliphatic heterocycles. The van der Waals surface area contributed by atoms with Gasteiger partial charge in [-0.05, 0) is 41.8 Å². The van der Waals surface area contributed by atoms with Crippen molar-refractivity contribution in [3.8, 4) is 0 Å². The minimum Gasteiger partial charge on any atom is -0.206 e. The third kappa shape index (κ3) is 3.97. The fourth-order valence-corrected chi connectivity index (χ4v) is 3.06. The van der Waals surface area contributed by atoms with Crippen LogP contribution in [0.1, 0.15) is 35.6 Å². The standard InChI is InChI=1S/C24H21F3/c1-3-5-6-17-11-12-19-15-20(13-14-21(19)22(17)25)24(27)23(26)18-9-7-16(4-2)8-10-18/h3,7-15H,1,4-6H2,2H3. The fraction of sp³-hybridized carbons (Fsp3) is 0.167.